The Morgan fingerprint density at radius 2 is 2.10 bits per heavy atom. The number of rotatable bonds is 2. The van der Waals surface area contributed by atoms with Crippen LogP contribution in [0.3, 0.4) is 0 Å². The van der Waals surface area contributed by atoms with Crippen LogP contribution in [0.5, 0.6) is 0 Å². The molecule has 0 aliphatic carbocycles. The Balaban J connectivity index is 1.88. The van der Waals surface area contributed by atoms with Crippen LogP contribution in [0.4, 0.5) is 5.82 Å². The standard InChI is InChI=1S/C15H19N5O/c1-11-8-14(18-10-17-11)20-6-7-21-15(3,9-20)13-4-5-16-12(2)19-13/h4-5,8,10H,6-7,9H2,1-3H3/t15-/m1/s1. The average Bonchev–Trinajstić information content (AvgIpc) is 2.47. The second-order valence-electron chi connectivity index (χ2n) is 5.51. The molecule has 0 bridgehead atoms. The van der Waals surface area contributed by atoms with Gasteiger partial charge in [0, 0.05) is 24.5 Å². The van der Waals surface area contributed by atoms with Gasteiger partial charge >= 0.3 is 0 Å². The fraction of sp³-hybridized carbons (Fsp3) is 0.467. The zero-order valence-electron chi connectivity index (χ0n) is 12.6. The van der Waals surface area contributed by atoms with Crippen LogP contribution in [0.15, 0.2) is 24.7 Å². The van der Waals surface area contributed by atoms with Gasteiger partial charge in [-0.2, -0.15) is 0 Å². The van der Waals surface area contributed by atoms with Gasteiger partial charge in [-0.05, 0) is 26.8 Å². The molecule has 6 heteroatoms. The number of hydrogen-bond acceptors (Lipinski definition) is 6. The van der Waals surface area contributed by atoms with Gasteiger partial charge in [-0.25, -0.2) is 19.9 Å². The topological polar surface area (TPSA) is 64.0 Å². The van der Waals surface area contributed by atoms with Crippen molar-refractivity contribution in [2.24, 2.45) is 0 Å². The summed E-state index contributed by atoms with van der Waals surface area (Å²) in [6.45, 7) is 8.09. The molecule has 1 atom stereocenters. The van der Waals surface area contributed by atoms with E-state index in [-0.39, 0.29) is 0 Å². The molecule has 1 fully saturated rings. The fourth-order valence-electron chi connectivity index (χ4n) is 2.58. The maximum absolute atomic E-state index is 6.01. The maximum atomic E-state index is 6.01. The van der Waals surface area contributed by atoms with Gasteiger partial charge in [0.15, 0.2) is 0 Å². The molecule has 2 aromatic heterocycles. The summed E-state index contributed by atoms with van der Waals surface area (Å²) in [6.07, 6.45) is 3.38. The van der Waals surface area contributed by atoms with E-state index in [2.05, 4.69) is 31.8 Å². The summed E-state index contributed by atoms with van der Waals surface area (Å²) < 4.78 is 6.01. The first-order chi connectivity index (χ1) is 10.1. The Labute approximate surface area is 124 Å². The van der Waals surface area contributed by atoms with E-state index in [0.29, 0.717) is 13.2 Å². The first-order valence-corrected chi connectivity index (χ1v) is 7.04. The van der Waals surface area contributed by atoms with Crippen molar-refractivity contribution < 1.29 is 4.74 Å². The summed E-state index contributed by atoms with van der Waals surface area (Å²) in [5.41, 5.74) is 1.42. The molecule has 0 radical (unpaired) electrons. The number of morpholine rings is 1. The van der Waals surface area contributed by atoms with E-state index < -0.39 is 5.60 Å². The highest BCUT2D eigenvalue weighted by Gasteiger charge is 2.35. The third kappa shape index (κ3) is 2.85. The maximum Gasteiger partial charge on any atom is 0.132 e. The van der Waals surface area contributed by atoms with Crippen molar-refractivity contribution >= 4 is 5.82 Å². The second-order valence-corrected chi connectivity index (χ2v) is 5.51. The SMILES string of the molecule is Cc1cc(N2CCO[C@@](C)(c3ccnc(C)n3)C2)ncn1. The number of hydrogen-bond donors (Lipinski definition) is 0. The molecule has 21 heavy (non-hydrogen) atoms. The van der Waals surface area contributed by atoms with Gasteiger partial charge in [0.2, 0.25) is 0 Å². The van der Waals surface area contributed by atoms with Crippen LogP contribution < -0.4 is 4.90 Å². The normalized spacial score (nSPS) is 22.3. The Bertz CT molecular complexity index is 647. The van der Waals surface area contributed by atoms with E-state index in [1.165, 1.54) is 0 Å². The first kappa shape index (κ1) is 13.9. The summed E-state index contributed by atoms with van der Waals surface area (Å²) in [5.74, 6) is 1.69. The summed E-state index contributed by atoms with van der Waals surface area (Å²) in [7, 11) is 0. The summed E-state index contributed by atoms with van der Waals surface area (Å²) >= 11 is 0. The van der Waals surface area contributed by atoms with Crippen molar-refractivity contribution in [1.29, 1.82) is 0 Å². The Morgan fingerprint density at radius 3 is 2.86 bits per heavy atom. The minimum atomic E-state index is -0.454. The molecule has 0 spiro atoms. The van der Waals surface area contributed by atoms with E-state index in [1.807, 2.05) is 26.0 Å². The number of anilines is 1. The lowest BCUT2D eigenvalue weighted by atomic mass is 9.99. The molecule has 6 nitrogen and oxygen atoms in total. The van der Waals surface area contributed by atoms with Crippen molar-refractivity contribution in [3.63, 3.8) is 0 Å². The Hall–Kier alpha value is -2.08. The van der Waals surface area contributed by atoms with Crippen LogP contribution in [0.25, 0.3) is 0 Å². The third-order valence-corrected chi connectivity index (χ3v) is 3.71. The predicted molar refractivity (Wildman–Crippen MR) is 79.1 cm³/mol. The summed E-state index contributed by atoms with van der Waals surface area (Å²) in [6, 6.07) is 3.92. The van der Waals surface area contributed by atoms with Crippen molar-refractivity contribution in [1.82, 2.24) is 19.9 Å². The fourth-order valence-corrected chi connectivity index (χ4v) is 2.58. The van der Waals surface area contributed by atoms with Gasteiger partial charge in [0.25, 0.3) is 0 Å². The van der Waals surface area contributed by atoms with Crippen LogP contribution >= 0.6 is 0 Å². The largest absolute Gasteiger partial charge is 0.365 e. The van der Waals surface area contributed by atoms with E-state index >= 15 is 0 Å². The predicted octanol–water partition coefficient (Wildman–Crippen LogP) is 1.64. The molecule has 1 saturated heterocycles. The molecular formula is C15H19N5O. The molecule has 2 aromatic rings. The molecule has 0 N–H and O–H groups in total. The lowest BCUT2D eigenvalue weighted by molar-refractivity contribution is -0.0499. The molecule has 0 unspecified atom stereocenters. The van der Waals surface area contributed by atoms with Gasteiger partial charge in [-0.15, -0.1) is 0 Å². The van der Waals surface area contributed by atoms with E-state index in [9.17, 15) is 0 Å². The molecule has 1 aliphatic heterocycles. The number of aryl methyl sites for hydroxylation is 2. The number of ether oxygens (including phenoxy) is 1. The highest BCUT2D eigenvalue weighted by atomic mass is 16.5. The van der Waals surface area contributed by atoms with Crippen molar-refractivity contribution in [3.05, 3.63) is 41.9 Å². The monoisotopic (exact) mass is 285 g/mol. The molecule has 110 valence electrons. The van der Waals surface area contributed by atoms with Crippen LogP contribution in [0, 0.1) is 13.8 Å². The van der Waals surface area contributed by atoms with Gasteiger partial charge < -0.3 is 9.64 Å². The van der Waals surface area contributed by atoms with E-state index in [1.54, 1.807) is 12.5 Å². The molecule has 3 rings (SSSR count). The minimum Gasteiger partial charge on any atom is -0.365 e. The van der Waals surface area contributed by atoms with Crippen molar-refractivity contribution in [2.75, 3.05) is 24.6 Å². The highest BCUT2D eigenvalue weighted by Crippen LogP contribution is 2.29. The van der Waals surface area contributed by atoms with E-state index in [4.69, 9.17) is 4.74 Å². The quantitative estimate of drug-likeness (QED) is 0.835. The number of aromatic nitrogens is 4. The molecule has 0 saturated carbocycles. The minimum absolute atomic E-state index is 0.454. The van der Waals surface area contributed by atoms with Crippen molar-refractivity contribution in [2.45, 2.75) is 26.4 Å². The van der Waals surface area contributed by atoms with Gasteiger partial charge in [-0.1, -0.05) is 0 Å². The Morgan fingerprint density at radius 1 is 1.24 bits per heavy atom. The first-order valence-electron chi connectivity index (χ1n) is 7.04. The lowest BCUT2D eigenvalue weighted by Crippen LogP contribution is -2.49. The second kappa shape index (κ2) is 5.37. The summed E-state index contributed by atoms with van der Waals surface area (Å²) in [5, 5.41) is 0. The van der Waals surface area contributed by atoms with Crippen molar-refractivity contribution in [3.8, 4) is 0 Å². The zero-order valence-corrected chi connectivity index (χ0v) is 12.6. The van der Waals surface area contributed by atoms with E-state index in [0.717, 1.165) is 29.6 Å². The molecule has 3 heterocycles. The molecular weight excluding hydrogens is 266 g/mol. The van der Waals surface area contributed by atoms with Crippen LogP contribution in [-0.2, 0) is 10.3 Å². The van der Waals surface area contributed by atoms with Gasteiger partial charge in [0.05, 0.1) is 18.8 Å². The van der Waals surface area contributed by atoms with Gasteiger partial charge in [0.1, 0.15) is 23.6 Å². The zero-order chi connectivity index (χ0) is 14.9. The molecule has 1 aliphatic rings. The van der Waals surface area contributed by atoms with Crippen LogP contribution in [0.1, 0.15) is 24.1 Å². The van der Waals surface area contributed by atoms with Gasteiger partial charge in [-0.3, -0.25) is 0 Å². The smallest absolute Gasteiger partial charge is 0.132 e. The molecule has 0 aromatic carbocycles. The highest BCUT2D eigenvalue weighted by molar-refractivity contribution is 5.40. The average molecular weight is 285 g/mol. The lowest BCUT2D eigenvalue weighted by Gasteiger charge is -2.40. The van der Waals surface area contributed by atoms with Crippen LogP contribution in [-0.4, -0.2) is 39.6 Å². The molecule has 0 amide bonds. The summed E-state index contributed by atoms with van der Waals surface area (Å²) in [4.78, 5) is 19.4. The van der Waals surface area contributed by atoms with Crippen LogP contribution in [0.2, 0.25) is 0 Å². The number of nitrogens with zero attached hydrogens (tertiary/aromatic N) is 5. The third-order valence-electron chi connectivity index (χ3n) is 3.71. The Kier molecular flexibility index (Phi) is 3.55.